The van der Waals surface area contributed by atoms with Crippen molar-refractivity contribution in [2.45, 2.75) is 0 Å². The predicted octanol–water partition coefficient (Wildman–Crippen LogP) is -0.469. The minimum absolute atomic E-state index is 0.187. The molecule has 0 atom stereocenters. The molecular formula is C14H18N6O2. The number of nitriles is 1. The molecular weight excluding hydrogens is 284 g/mol. The van der Waals surface area contributed by atoms with Gasteiger partial charge >= 0.3 is 6.03 Å². The van der Waals surface area contributed by atoms with Crippen molar-refractivity contribution in [1.29, 1.82) is 5.26 Å². The number of nitrogens with zero attached hydrogens (tertiary/aromatic N) is 4. The Balaban J connectivity index is 1.84. The molecule has 8 nitrogen and oxygen atoms in total. The van der Waals surface area contributed by atoms with E-state index in [0.29, 0.717) is 18.7 Å². The number of anilines is 1. The second-order valence-corrected chi connectivity index (χ2v) is 4.91. The third-order valence-corrected chi connectivity index (χ3v) is 3.42. The van der Waals surface area contributed by atoms with Gasteiger partial charge in [0.25, 0.3) is 0 Å². The Labute approximate surface area is 128 Å². The molecule has 0 spiro atoms. The maximum Gasteiger partial charge on any atom is 0.321 e. The van der Waals surface area contributed by atoms with Gasteiger partial charge in [-0.15, -0.1) is 0 Å². The molecule has 2 N–H and O–H groups in total. The first-order valence-corrected chi connectivity index (χ1v) is 6.97. The Morgan fingerprint density at radius 1 is 1.36 bits per heavy atom. The first-order valence-electron chi connectivity index (χ1n) is 6.97. The van der Waals surface area contributed by atoms with Gasteiger partial charge in [-0.05, 0) is 12.1 Å². The molecule has 8 heteroatoms. The number of imide groups is 1. The van der Waals surface area contributed by atoms with E-state index in [-0.39, 0.29) is 12.5 Å². The minimum atomic E-state index is -0.499. The molecule has 2 heterocycles. The fraction of sp³-hybridized carbons (Fsp3) is 0.429. The zero-order chi connectivity index (χ0) is 15.9. The Morgan fingerprint density at radius 2 is 2.09 bits per heavy atom. The predicted molar refractivity (Wildman–Crippen MR) is 80.2 cm³/mol. The van der Waals surface area contributed by atoms with Crippen LogP contribution in [0.15, 0.2) is 18.3 Å². The highest BCUT2D eigenvalue weighted by atomic mass is 16.2. The summed E-state index contributed by atoms with van der Waals surface area (Å²) in [5, 5.41) is 13.5. The monoisotopic (exact) mass is 302 g/mol. The van der Waals surface area contributed by atoms with Crippen molar-refractivity contribution < 1.29 is 9.59 Å². The van der Waals surface area contributed by atoms with Crippen LogP contribution < -0.4 is 15.5 Å². The van der Waals surface area contributed by atoms with Gasteiger partial charge in [0.2, 0.25) is 5.91 Å². The van der Waals surface area contributed by atoms with Gasteiger partial charge in [0, 0.05) is 39.4 Å². The lowest BCUT2D eigenvalue weighted by Crippen LogP contribution is -2.51. The summed E-state index contributed by atoms with van der Waals surface area (Å²) >= 11 is 0. The molecule has 0 aromatic carbocycles. The van der Waals surface area contributed by atoms with Crippen molar-refractivity contribution in [3.8, 4) is 6.07 Å². The lowest BCUT2D eigenvalue weighted by atomic mass is 10.2. The molecule has 3 amide bonds. The minimum Gasteiger partial charge on any atom is -0.354 e. The first kappa shape index (κ1) is 15.7. The van der Waals surface area contributed by atoms with Crippen LogP contribution in [0.3, 0.4) is 0 Å². The van der Waals surface area contributed by atoms with E-state index in [1.165, 1.54) is 7.05 Å². The molecule has 0 saturated carbocycles. The molecule has 0 radical (unpaired) electrons. The van der Waals surface area contributed by atoms with Crippen molar-refractivity contribution in [3.05, 3.63) is 23.9 Å². The van der Waals surface area contributed by atoms with Crippen LogP contribution in [0.25, 0.3) is 0 Å². The van der Waals surface area contributed by atoms with Gasteiger partial charge in [-0.1, -0.05) is 0 Å². The standard InChI is InChI=1S/C14H18N6O2/c1-16-14(22)18-13(21)10-19-4-6-20(7-5-19)12-8-11(9-15)2-3-17-12/h2-3,8H,4-7,10H2,1H3,(H2,16,18,21,22). The SMILES string of the molecule is CNC(=O)NC(=O)CN1CCN(c2cc(C#N)ccn2)CC1. The van der Waals surface area contributed by atoms with E-state index in [0.717, 1.165) is 18.9 Å². The van der Waals surface area contributed by atoms with E-state index in [4.69, 9.17) is 5.26 Å². The third-order valence-electron chi connectivity index (χ3n) is 3.42. The number of hydrogen-bond donors (Lipinski definition) is 2. The summed E-state index contributed by atoms with van der Waals surface area (Å²) in [4.78, 5) is 31.0. The first-order chi connectivity index (χ1) is 10.6. The summed E-state index contributed by atoms with van der Waals surface area (Å²) in [6, 6.07) is 5.03. The molecule has 0 aliphatic carbocycles. The Kier molecular flexibility index (Phi) is 5.27. The maximum atomic E-state index is 11.6. The summed E-state index contributed by atoms with van der Waals surface area (Å²) < 4.78 is 0. The molecule has 1 saturated heterocycles. The van der Waals surface area contributed by atoms with E-state index in [1.54, 1.807) is 18.3 Å². The molecule has 22 heavy (non-hydrogen) atoms. The zero-order valence-electron chi connectivity index (χ0n) is 12.4. The second-order valence-electron chi connectivity index (χ2n) is 4.91. The van der Waals surface area contributed by atoms with Crippen LogP contribution >= 0.6 is 0 Å². The summed E-state index contributed by atoms with van der Waals surface area (Å²) in [7, 11) is 1.46. The van der Waals surface area contributed by atoms with Crippen LogP contribution in [0.2, 0.25) is 0 Å². The molecule has 1 aliphatic rings. The number of aromatic nitrogens is 1. The molecule has 116 valence electrons. The summed E-state index contributed by atoms with van der Waals surface area (Å²) in [5.74, 6) is 0.450. The van der Waals surface area contributed by atoms with E-state index >= 15 is 0 Å². The molecule has 1 aromatic rings. The molecule has 1 aliphatic heterocycles. The summed E-state index contributed by atoms with van der Waals surface area (Å²) in [5.41, 5.74) is 0.581. The smallest absolute Gasteiger partial charge is 0.321 e. The molecule has 0 unspecified atom stereocenters. The topological polar surface area (TPSA) is 101 Å². The highest BCUT2D eigenvalue weighted by Gasteiger charge is 2.20. The number of piperazine rings is 1. The van der Waals surface area contributed by atoms with Gasteiger partial charge in [-0.2, -0.15) is 5.26 Å². The second kappa shape index (κ2) is 7.38. The van der Waals surface area contributed by atoms with Crippen molar-refractivity contribution in [3.63, 3.8) is 0 Å². The quantitative estimate of drug-likeness (QED) is 0.783. The van der Waals surface area contributed by atoms with Crippen molar-refractivity contribution in [1.82, 2.24) is 20.5 Å². The summed E-state index contributed by atoms with van der Waals surface area (Å²) in [6.45, 7) is 3.01. The molecule has 2 rings (SSSR count). The van der Waals surface area contributed by atoms with Crippen LogP contribution in [0.1, 0.15) is 5.56 Å². The van der Waals surface area contributed by atoms with Gasteiger partial charge in [-0.3, -0.25) is 15.0 Å². The van der Waals surface area contributed by atoms with Gasteiger partial charge in [0.1, 0.15) is 5.82 Å². The average molecular weight is 302 g/mol. The van der Waals surface area contributed by atoms with E-state index in [9.17, 15) is 9.59 Å². The number of urea groups is 1. The lowest BCUT2D eigenvalue weighted by Gasteiger charge is -2.34. The number of rotatable bonds is 3. The number of amides is 3. The van der Waals surface area contributed by atoms with Gasteiger partial charge < -0.3 is 10.2 Å². The van der Waals surface area contributed by atoms with Crippen molar-refractivity contribution in [2.75, 3.05) is 44.7 Å². The number of nitrogens with one attached hydrogen (secondary N) is 2. The van der Waals surface area contributed by atoms with Crippen LogP contribution in [-0.2, 0) is 4.79 Å². The molecule has 1 fully saturated rings. The van der Waals surface area contributed by atoms with Crippen LogP contribution in [-0.4, -0.2) is 61.6 Å². The zero-order valence-corrected chi connectivity index (χ0v) is 12.4. The Bertz CT molecular complexity index is 589. The van der Waals surface area contributed by atoms with Gasteiger partial charge in [0.05, 0.1) is 18.2 Å². The molecule has 1 aromatic heterocycles. The van der Waals surface area contributed by atoms with Gasteiger partial charge in [0.15, 0.2) is 0 Å². The number of hydrogen-bond acceptors (Lipinski definition) is 6. The van der Waals surface area contributed by atoms with Gasteiger partial charge in [-0.25, -0.2) is 9.78 Å². The largest absolute Gasteiger partial charge is 0.354 e. The van der Waals surface area contributed by atoms with Crippen LogP contribution in [0.4, 0.5) is 10.6 Å². The lowest BCUT2D eigenvalue weighted by molar-refractivity contribution is -0.121. The highest BCUT2D eigenvalue weighted by Crippen LogP contribution is 2.14. The summed E-state index contributed by atoms with van der Waals surface area (Å²) in [6.07, 6.45) is 1.62. The van der Waals surface area contributed by atoms with E-state index < -0.39 is 6.03 Å². The van der Waals surface area contributed by atoms with Crippen molar-refractivity contribution in [2.24, 2.45) is 0 Å². The fourth-order valence-corrected chi connectivity index (χ4v) is 2.23. The number of carbonyl (C=O) groups is 2. The Morgan fingerprint density at radius 3 is 2.73 bits per heavy atom. The molecule has 0 bridgehead atoms. The van der Waals surface area contributed by atoms with Crippen molar-refractivity contribution >= 4 is 17.8 Å². The van der Waals surface area contributed by atoms with E-state index in [2.05, 4.69) is 26.6 Å². The highest BCUT2D eigenvalue weighted by molar-refractivity contribution is 5.95. The van der Waals surface area contributed by atoms with E-state index in [1.807, 2.05) is 4.90 Å². The number of pyridine rings is 1. The number of carbonyl (C=O) groups excluding carboxylic acids is 2. The third kappa shape index (κ3) is 4.17. The Hall–Kier alpha value is -2.66. The van der Waals surface area contributed by atoms with Crippen LogP contribution in [0, 0.1) is 11.3 Å². The van der Waals surface area contributed by atoms with Crippen LogP contribution in [0.5, 0.6) is 0 Å². The maximum absolute atomic E-state index is 11.6. The average Bonchev–Trinajstić information content (AvgIpc) is 2.55. The fourth-order valence-electron chi connectivity index (χ4n) is 2.23. The normalized spacial score (nSPS) is 15.0.